The zero-order chi connectivity index (χ0) is 19.6. The minimum atomic E-state index is -0.489. The van der Waals surface area contributed by atoms with Crippen molar-refractivity contribution in [2.24, 2.45) is 0 Å². The van der Waals surface area contributed by atoms with Gasteiger partial charge in [0, 0.05) is 28.1 Å². The van der Waals surface area contributed by atoms with Crippen LogP contribution in [-0.2, 0) is 6.54 Å². The van der Waals surface area contributed by atoms with Crippen LogP contribution in [0.5, 0.6) is 0 Å². The van der Waals surface area contributed by atoms with Crippen LogP contribution < -0.4 is 10.6 Å². The van der Waals surface area contributed by atoms with Crippen LogP contribution in [-0.4, -0.2) is 10.6 Å². The van der Waals surface area contributed by atoms with E-state index in [1.165, 1.54) is 17.7 Å². The average molecular weight is 430 g/mol. The van der Waals surface area contributed by atoms with Crippen molar-refractivity contribution in [3.8, 4) is 5.69 Å². The fourth-order valence-corrected chi connectivity index (χ4v) is 3.44. The molecule has 0 radical (unpaired) electrons. The van der Waals surface area contributed by atoms with Crippen molar-refractivity contribution in [1.82, 2.24) is 9.88 Å². The van der Waals surface area contributed by atoms with Gasteiger partial charge < -0.3 is 15.2 Å². The predicted octanol–water partition coefficient (Wildman–Crippen LogP) is 5.63. The molecule has 0 unspecified atom stereocenters. The van der Waals surface area contributed by atoms with Crippen molar-refractivity contribution in [3.05, 3.63) is 81.3 Å². The van der Waals surface area contributed by atoms with E-state index in [0.717, 1.165) is 22.6 Å². The first-order valence-electron chi connectivity index (χ1n) is 8.60. The maximum atomic E-state index is 13.8. The van der Waals surface area contributed by atoms with Gasteiger partial charge in [0.25, 0.3) is 0 Å². The Hall–Kier alpha value is -2.60. The fraction of sp³-hybridized carbons (Fsp3) is 0.190. The summed E-state index contributed by atoms with van der Waals surface area (Å²) in [4.78, 5) is 12.1. The van der Waals surface area contributed by atoms with E-state index < -0.39 is 11.8 Å². The Balaban J connectivity index is 1.71. The van der Waals surface area contributed by atoms with Crippen molar-refractivity contribution in [3.63, 3.8) is 0 Å². The van der Waals surface area contributed by atoms with Gasteiger partial charge in [-0.25, -0.2) is 9.18 Å². The zero-order valence-electron chi connectivity index (χ0n) is 15.4. The number of carbonyl (C=O) groups is 1. The number of benzene rings is 2. The molecule has 3 rings (SSSR count). The first-order chi connectivity index (χ1) is 12.8. The van der Waals surface area contributed by atoms with Gasteiger partial charge in [-0.2, -0.15) is 0 Å². The summed E-state index contributed by atoms with van der Waals surface area (Å²) in [6, 6.07) is 14.4. The molecule has 0 aliphatic carbocycles. The standard InChI is InChI=1S/C21H21BrFN3O/c1-13-5-4-6-18(9-13)26-14(2)10-16(15(26)3)12-24-21(27)25-20-8-7-17(22)11-19(20)23/h4-11H,12H2,1-3H3,(H2,24,25,27). The highest BCUT2D eigenvalue weighted by molar-refractivity contribution is 9.10. The fourth-order valence-electron chi connectivity index (χ4n) is 3.11. The number of hydrogen-bond acceptors (Lipinski definition) is 1. The second-order valence-corrected chi connectivity index (χ2v) is 7.42. The van der Waals surface area contributed by atoms with Crippen LogP contribution in [0.3, 0.4) is 0 Å². The van der Waals surface area contributed by atoms with Gasteiger partial charge in [0.05, 0.1) is 5.69 Å². The molecule has 2 N–H and O–H groups in total. The van der Waals surface area contributed by atoms with Gasteiger partial charge in [-0.15, -0.1) is 0 Å². The molecule has 0 aliphatic rings. The summed E-state index contributed by atoms with van der Waals surface area (Å²) >= 11 is 3.19. The van der Waals surface area contributed by atoms with Gasteiger partial charge >= 0.3 is 6.03 Å². The Morgan fingerprint density at radius 1 is 1.11 bits per heavy atom. The Bertz CT molecular complexity index is 997. The zero-order valence-corrected chi connectivity index (χ0v) is 17.0. The monoisotopic (exact) mass is 429 g/mol. The molecule has 140 valence electrons. The third-order valence-electron chi connectivity index (χ3n) is 4.41. The molecule has 6 heteroatoms. The average Bonchev–Trinajstić information content (AvgIpc) is 2.89. The number of nitrogens with zero attached hydrogens (tertiary/aromatic N) is 1. The lowest BCUT2D eigenvalue weighted by atomic mass is 10.2. The number of anilines is 1. The molecule has 0 atom stereocenters. The van der Waals surface area contributed by atoms with Gasteiger partial charge in [0.2, 0.25) is 0 Å². The Morgan fingerprint density at radius 3 is 2.59 bits per heavy atom. The SMILES string of the molecule is Cc1cccc(-n2c(C)cc(CNC(=O)Nc3ccc(Br)cc3F)c2C)c1. The van der Waals surface area contributed by atoms with E-state index in [0.29, 0.717) is 11.0 Å². The summed E-state index contributed by atoms with van der Waals surface area (Å²) in [5.41, 5.74) is 5.59. The Morgan fingerprint density at radius 2 is 1.89 bits per heavy atom. The van der Waals surface area contributed by atoms with Gasteiger partial charge in [-0.3, -0.25) is 0 Å². The number of rotatable bonds is 4. The number of amides is 2. The first kappa shape index (κ1) is 19.2. The van der Waals surface area contributed by atoms with Crippen molar-refractivity contribution in [1.29, 1.82) is 0 Å². The quantitative estimate of drug-likeness (QED) is 0.554. The highest BCUT2D eigenvalue weighted by Crippen LogP contribution is 2.22. The summed E-state index contributed by atoms with van der Waals surface area (Å²) in [7, 11) is 0. The normalized spacial score (nSPS) is 10.7. The molecule has 3 aromatic rings. The lowest BCUT2D eigenvalue weighted by Crippen LogP contribution is -2.28. The van der Waals surface area contributed by atoms with Crippen molar-refractivity contribution in [2.75, 3.05) is 5.32 Å². The van der Waals surface area contributed by atoms with Crippen molar-refractivity contribution in [2.45, 2.75) is 27.3 Å². The van der Waals surface area contributed by atoms with E-state index in [1.54, 1.807) is 6.07 Å². The van der Waals surface area contributed by atoms with E-state index in [9.17, 15) is 9.18 Å². The molecule has 0 aliphatic heterocycles. The van der Waals surface area contributed by atoms with Crippen molar-refractivity contribution < 1.29 is 9.18 Å². The molecule has 0 saturated carbocycles. The predicted molar refractivity (Wildman–Crippen MR) is 110 cm³/mol. The number of nitrogens with one attached hydrogen (secondary N) is 2. The molecule has 27 heavy (non-hydrogen) atoms. The molecule has 0 fully saturated rings. The minimum Gasteiger partial charge on any atom is -0.334 e. The molecule has 0 spiro atoms. The number of urea groups is 1. The highest BCUT2D eigenvalue weighted by atomic mass is 79.9. The smallest absolute Gasteiger partial charge is 0.319 e. The van der Waals surface area contributed by atoms with Crippen LogP contribution in [0.15, 0.2) is 53.0 Å². The second-order valence-electron chi connectivity index (χ2n) is 6.50. The summed E-state index contributed by atoms with van der Waals surface area (Å²) in [6.07, 6.45) is 0. The van der Waals surface area contributed by atoms with Gasteiger partial charge in [-0.05, 0) is 68.3 Å². The molecule has 1 heterocycles. The summed E-state index contributed by atoms with van der Waals surface area (Å²) in [5.74, 6) is -0.489. The molecule has 2 amide bonds. The maximum Gasteiger partial charge on any atom is 0.319 e. The summed E-state index contributed by atoms with van der Waals surface area (Å²) in [5, 5.41) is 5.33. The lowest BCUT2D eigenvalue weighted by molar-refractivity contribution is 0.251. The third-order valence-corrected chi connectivity index (χ3v) is 4.91. The van der Waals surface area contributed by atoms with Gasteiger partial charge in [0.15, 0.2) is 0 Å². The summed E-state index contributed by atoms with van der Waals surface area (Å²) < 4.78 is 16.6. The number of halogens is 2. The van der Waals surface area contributed by atoms with Crippen LogP contribution in [0.1, 0.15) is 22.5 Å². The van der Waals surface area contributed by atoms with E-state index in [2.05, 4.69) is 62.3 Å². The number of aryl methyl sites for hydroxylation is 2. The van der Waals surface area contributed by atoms with E-state index in [-0.39, 0.29) is 5.69 Å². The highest BCUT2D eigenvalue weighted by Gasteiger charge is 2.12. The van der Waals surface area contributed by atoms with E-state index in [4.69, 9.17) is 0 Å². The number of aromatic nitrogens is 1. The molecule has 4 nitrogen and oxygen atoms in total. The number of hydrogen-bond donors (Lipinski definition) is 2. The number of carbonyl (C=O) groups excluding carboxylic acids is 1. The largest absolute Gasteiger partial charge is 0.334 e. The molecule has 2 aromatic carbocycles. The van der Waals surface area contributed by atoms with Crippen molar-refractivity contribution >= 4 is 27.6 Å². The van der Waals surface area contributed by atoms with Crippen LogP contribution in [0.4, 0.5) is 14.9 Å². The topological polar surface area (TPSA) is 46.1 Å². The first-order valence-corrected chi connectivity index (χ1v) is 9.39. The molecule has 0 saturated heterocycles. The molecule has 0 bridgehead atoms. The van der Waals surface area contributed by atoms with Crippen LogP contribution >= 0.6 is 15.9 Å². The lowest BCUT2D eigenvalue weighted by Gasteiger charge is -2.11. The van der Waals surface area contributed by atoms with Gasteiger partial charge in [-0.1, -0.05) is 28.1 Å². The van der Waals surface area contributed by atoms with Crippen LogP contribution in [0, 0.1) is 26.6 Å². The Labute approximate surface area is 166 Å². The van der Waals surface area contributed by atoms with Crippen LogP contribution in [0.25, 0.3) is 5.69 Å². The Kier molecular flexibility index (Phi) is 5.65. The summed E-state index contributed by atoms with van der Waals surface area (Å²) in [6.45, 7) is 6.48. The maximum absolute atomic E-state index is 13.8. The molecular weight excluding hydrogens is 409 g/mol. The minimum absolute atomic E-state index is 0.140. The molecule has 1 aromatic heterocycles. The van der Waals surface area contributed by atoms with E-state index >= 15 is 0 Å². The van der Waals surface area contributed by atoms with Gasteiger partial charge in [0.1, 0.15) is 5.82 Å². The van der Waals surface area contributed by atoms with Crippen LogP contribution in [0.2, 0.25) is 0 Å². The molecular formula is C21H21BrFN3O. The second kappa shape index (κ2) is 7.96. The third kappa shape index (κ3) is 4.39. The van der Waals surface area contributed by atoms with E-state index in [1.807, 2.05) is 19.9 Å².